The fourth-order valence-corrected chi connectivity index (χ4v) is 5.52. The smallest absolute Gasteiger partial charge is 0.252 e. The third-order valence-corrected chi connectivity index (χ3v) is 7.28. The van der Waals surface area contributed by atoms with E-state index < -0.39 is 0 Å². The number of hydrogen-bond acceptors (Lipinski definition) is 2. The second-order valence-electron chi connectivity index (χ2n) is 9.16. The van der Waals surface area contributed by atoms with Crippen molar-refractivity contribution in [2.24, 2.45) is 0 Å². The molecule has 3 aromatic rings. The van der Waals surface area contributed by atoms with Crippen LogP contribution >= 0.6 is 0 Å². The molecule has 0 unspecified atom stereocenters. The Balaban J connectivity index is 1.24. The Morgan fingerprint density at radius 3 is 2.06 bits per heavy atom. The summed E-state index contributed by atoms with van der Waals surface area (Å²) in [4.78, 5) is 14.8. The second kappa shape index (κ2) is 9.06. The molecule has 0 saturated carbocycles. The third kappa shape index (κ3) is 4.18. The van der Waals surface area contributed by atoms with Gasteiger partial charge in [-0.25, -0.2) is 8.78 Å². The van der Waals surface area contributed by atoms with Gasteiger partial charge in [-0.1, -0.05) is 54.6 Å². The highest BCUT2D eigenvalue weighted by molar-refractivity contribution is 6.00. The maximum absolute atomic E-state index is 14.6. The maximum atomic E-state index is 14.6. The van der Waals surface area contributed by atoms with E-state index in [0.717, 1.165) is 50.0 Å². The molecule has 0 radical (unpaired) electrons. The molecule has 1 spiro atoms. The summed E-state index contributed by atoms with van der Waals surface area (Å²) < 4.78 is 29.2. The fraction of sp³-hybridized carbons (Fsp3) is 0.321. The number of piperidine rings is 1. The number of carbonyl (C=O) groups is 1. The van der Waals surface area contributed by atoms with Crippen molar-refractivity contribution in [2.75, 3.05) is 19.6 Å². The molecular weight excluding hydrogens is 418 g/mol. The molecule has 2 aliphatic heterocycles. The van der Waals surface area contributed by atoms with Crippen molar-refractivity contribution < 1.29 is 13.6 Å². The van der Waals surface area contributed by atoms with Crippen molar-refractivity contribution in [3.05, 3.63) is 107 Å². The van der Waals surface area contributed by atoms with E-state index in [-0.39, 0.29) is 29.0 Å². The zero-order valence-corrected chi connectivity index (χ0v) is 18.6. The first-order chi connectivity index (χ1) is 16.1. The largest absolute Gasteiger partial charge is 0.342 e. The van der Waals surface area contributed by atoms with E-state index in [1.165, 1.54) is 12.1 Å². The number of carbonyl (C=O) groups excluding carboxylic acids is 1. The first-order valence-electron chi connectivity index (χ1n) is 11.7. The first kappa shape index (κ1) is 21.8. The third-order valence-electron chi connectivity index (χ3n) is 7.28. The molecule has 1 amide bonds. The molecule has 0 atom stereocenters. The van der Waals surface area contributed by atoms with Gasteiger partial charge in [0.2, 0.25) is 0 Å². The van der Waals surface area contributed by atoms with Crippen molar-refractivity contribution in [1.29, 1.82) is 0 Å². The van der Waals surface area contributed by atoms with Crippen LogP contribution in [0.5, 0.6) is 0 Å². The van der Waals surface area contributed by atoms with Gasteiger partial charge in [0, 0.05) is 24.6 Å². The van der Waals surface area contributed by atoms with Crippen LogP contribution in [0.25, 0.3) is 0 Å². The number of amides is 1. The van der Waals surface area contributed by atoms with Gasteiger partial charge in [-0.05, 0) is 67.1 Å². The van der Waals surface area contributed by atoms with Crippen LogP contribution in [0.1, 0.15) is 58.6 Å². The number of hydrogen-bond donors (Lipinski definition) is 1. The number of nitrogens with one attached hydrogen (secondary N) is 1. The van der Waals surface area contributed by atoms with Crippen molar-refractivity contribution >= 4 is 5.91 Å². The average Bonchev–Trinajstić information content (AvgIpc) is 3.11. The van der Waals surface area contributed by atoms with E-state index in [9.17, 15) is 13.6 Å². The number of likely N-dealkylation sites (tertiary alicyclic amines) is 1. The number of rotatable bonds is 6. The molecule has 1 saturated heterocycles. The fourth-order valence-electron chi connectivity index (χ4n) is 5.52. The van der Waals surface area contributed by atoms with Gasteiger partial charge in [0.1, 0.15) is 11.6 Å². The van der Waals surface area contributed by atoms with Crippen LogP contribution in [0.4, 0.5) is 8.78 Å². The quantitative estimate of drug-likeness (QED) is 0.534. The average molecular weight is 447 g/mol. The van der Waals surface area contributed by atoms with Gasteiger partial charge < -0.3 is 10.2 Å². The monoisotopic (exact) mass is 446 g/mol. The summed E-state index contributed by atoms with van der Waals surface area (Å²) in [6.07, 6.45) is 3.26. The van der Waals surface area contributed by atoms with Gasteiger partial charge in [0.15, 0.2) is 0 Å². The van der Waals surface area contributed by atoms with E-state index in [0.29, 0.717) is 17.5 Å². The van der Waals surface area contributed by atoms with E-state index in [1.54, 1.807) is 24.3 Å². The van der Waals surface area contributed by atoms with Gasteiger partial charge in [0.25, 0.3) is 5.91 Å². The minimum Gasteiger partial charge on any atom is -0.342 e. The SMILES string of the molecule is O=C1NC2(CCN(CCCC(c3ccccc3F)c3ccccc3F)CC2)c2ccccc21. The van der Waals surface area contributed by atoms with Crippen molar-refractivity contribution in [3.63, 3.8) is 0 Å². The van der Waals surface area contributed by atoms with Gasteiger partial charge in [-0.15, -0.1) is 0 Å². The topological polar surface area (TPSA) is 32.3 Å². The molecule has 5 heteroatoms. The van der Waals surface area contributed by atoms with E-state index in [1.807, 2.05) is 30.3 Å². The molecule has 33 heavy (non-hydrogen) atoms. The van der Waals surface area contributed by atoms with Crippen LogP contribution in [0.15, 0.2) is 72.8 Å². The van der Waals surface area contributed by atoms with Gasteiger partial charge in [-0.2, -0.15) is 0 Å². The summed E-state index contributed by atoms with van der Waals surface area (Å²) in [6, 6.07) is 21.2. The lowest BCUT2D eigenvalue weighted by atomic mass is 9.81. The summed E-state index contributed by atoms with van der Waals surface area (Å²) >= 11 is 0. The van der Waals surface area contributed by atoms with E-state index >= 15 is 0 Å². The zero-order chi connectivity index (χ0) is 22.8. The lowest BCUT2D eigenvalue weighted by Crippen LogP contribution is -2.49. The normalized spacial score (nSPS) is 17.4. The molecule has 0 aliphatic carbocycles. The Kier molecular flexibility index (Phi) is 5.98. The van der Waals surface area contributed by atoms with Crippen LogP contribution in [0, 0.1) is 11.6 Å². The molecule has 1 N–H and O–H groups in total. The van der Waals surface area contributed by atoms with Crippen LogP contribution in [0.2, 0.25) is 0 Å². The summed E-state index contributed by atoms with van der Waals surface area (Å²) in [7, 11) is 0. The molecule has 170 valence electrons. The maximum Gasteiger partial charge on any atom is 0.252 e. The highest BCUT2D eigenvalue weighted by Crippen LogP contribution is 2.39. The Labute approximate surface area is 193 Å². The molecular formula is C28H28F2N2O. The first-order valence-corrected chi connectivity index (χ1v) is 11.7. The minimum atomic E-state index is -0.315. The predicted octanol–water partition coefficient (Wildman–Crippen LogP) is 5.61. The number of nitrogens with zero attached hydrogens (tertiary/aromatic N) is 1. The van der Waals surface area contributed by atoms with Crippen molar-refractivity contribution in [2.45, 2.75) is 37.1 Å². The number of halogens is 2. The van der Waals surface area contributed by atoms with Crippen molar-refractivity contribution in [1.82, 2.24) is 10.2 Å². The highest BCUT2D eigenvalue weighted by atomic mass is 19.1. The second-order valence-corrected chi connectivity index (χ2v) is 9.16. The Hall–Kier alpha value is -3.05. The molecule has 1 fully saturated rings. The molecule has 2 aliphatic rings. The van der Waals surface area contributed by atoms with Gasteiger partial charge in [-0.3, -0.25) is 4.79 Å². The van der Waals surface area contributed by atoms with Crippen LogP contribution in [-0.2, 0) is 5.54 Å². The summed E-state index contributed by atoms with van der Waals surface area (Å²) in [5, 5.41) is 3.24. The van der Waals surface area contributed by atoms with E-state index in [4.69, 9.17) is 0 Å². The van der Waals surface area contributed by atoms with Crippen LogP contribution < -0.4 is 5.32 Å². The van der Waals surface area contributed by atoms with Gasteiger partial charge in [0.05, 0.1) is 5.54 Å². The Morgan fingerprint density at radius 1 is 0.848 bits per heavy atom. The number of benzene rings is 3. The summed E-state index contributed by atoms with van der Waals surface area (Å²) in [5.74, 6) is -0.871. The Morgan fingerprint density at radius 2 is 1.42 bits per heavy atom. The lowest BCUT2D eigenvalue weighted by molar-refractivity contribution is 0.0861. The molecule has 3 aromatic carbocycles. The van der Waals surface area contributed by atoms with Crippen LogP contribution in [0.3, 0.4) is 0 Å². The standard InChI is InChI=1S/C28H28F2N2O/c29-25-13-5-2-8-21(25)20(22-9-3-6-14-26(22)30)11-7-17-32-18-15-28(16-19-32)24-12-4-1-10-23(24)27(33)31-28/h1-6,8-10,12-14,20H,7,11,15-19H2,(H,31,33). The lowest BCUT2D eigenvalue weighted by Gasteiger charge is -2.40. The molecule has 0 aromatic heterocycles. The molecule has 3 nitrogen and oxygen atoms in total. The van der Waals surface area contributed by atoms with Gasteiger partial charge >= 0.3 is 0 Å². The predicted molar refractivity (Wildman–Crippen MR) is 125 cm³/mol. The number of fused-ring (bicyclic) bond motifs is 2. The summed E-state index contributed by atoms with van der Waals surface area (Å²) in [6.45, 7) is 2.64. The van der Waals surface area contributed by atoms with E-state index in [2.05, 4.69) is 16.3 Å². The minimum absolute atomic E-state index is 0.0247. The highest BCUT2D eigenvalue weighted by Gasteiger charge is 2.44. The molecule has 5 rings (SSSR count). The van der Waals surface area contributed by atoms with Crippen molar-refractivity contribution in [3.8, 4) is 0 Å². The summed E-state index contributed by atoms with van der Waals surface area (Å²) in [5.41, 5.74) is 2.75. The zero-order valence-electron chi connectivity index (χ0n) is 18.6. The molecule has 2 heterocycles. The molecule has 0 bridgehead atoms. The Bertz CT molecular complexity index is 1110. The van der Waals surface area contributed by atoms with Crippen LogP contribution in [-0.4, -0.2) is 30.4 Å².